The summed E-state index contributed by atoms with van der Waals surface area (Å²) in [6.07, 6.45) is 3.02. The third-order valence-electron chi connectivity index (χ3n) is 5.03. The molecule has 0 unspecified atom stereocenters. The van der Waals surface area contributed by atoms with Gasteiger partial charge in [-0.15, -0.1) is 0 Å². The van der Waals surface area contributed by atoms with E-state index in [1.54, 1.807) is 6.07 Å². The second-order valence-electron chi connectivity index (χ2n) is 7.24. The van der Waals surface area contributed by atoms with Gasteiger partial charge in [0.05, 0.1) is 35.4 Å². The molecule has 6 heteroatoms. The Morgan fingerprint density at radius 3 is 2.69 bits per heavy atom. The Hall–Kier alpha value is -3.06. The van der Waals surface area contributed by atoms with Gasteiger partial charge in [-0.05, 0) is 42.3 Å². The molecule has 1 atom stereocenters. The summed E-state index contributed by atoms with van der Waals surface area (Å²) >= 11 is 0. The maximum Gasteiger partial charge on any atom is 0.156 e. The molecule has 0 aliphatic carbocycles. The van der Waals surface area contributed by atoms with Crippen LogP contribution in [0.1, 0.15) is 31.0 Å². The summed E-state index contributed by atoms with van der Waals surface area (Å²) in [6, 6.07) is 19.2. The third-order valence-corrected chi connectivity index (χ3v) is 5.03. The first-order chi connectivity index (χ1) is 14.0. The van der Waals surface area contributed by atoms with E-state index < -0.39 is 5.72 Å². The summed E-state index contributed by atoms with van der Waals surface area (Å²) < 4.78 is 1.85. The molecule has 0 fully saturated rings. The van der Waals surface area contributed by atoms with E-state index in [1.807, 2.05) is 72.4 Å². The minimum Gasteiger partial charge on any atom is -0.392 e. The normalized spacial score (nSPS) is 13.5. The molecular weight excluding hydrogens is 364 g/mol. The minimum atomic E-state index is -1.44. The van der Waals surface area contributed by atoms with Crippen LogP contribution in [-0.2, 0) is 12.3 Å². The standard InChI is InChI=1S/C23H24N4O2/c1-2-11-23(24,29)22-8-4-7-20(26-22)17-9-10-18-14-25-27(21(18)13-17)19-6-3-5-16(12-19)15-28/h3-10,12-14,28-29H,2,11,15,24H2,1H3/t23-/m0/s1. The van der Waals surface area contributed by atoms with Crippen LogP contribution in [0.2, 0.25) is 0 Å². The predicted molar refractivity (Wildman–Crippen MR) is 113 cm³/mol. The van der Waals surface area contributed by atoms with Gasteiger partial charge in [0.2, 0.25) is 0 Å². The molecule has 0 spiro atoms. The lowest BCUT2D eigenvalue weighted by Gasteiger charge is -2.22. The van der Waals surface area contributed by atoms with Crippen LogP contribution in [0.4, 0.5) is 0 Å². The number of aliphatic hydroxyl groups excluding tert-OH is 1. The summed E-state index contributed by atoms with van der Waals surface area (Å²) in [7, 11) is 0. The van der Waals surface area contributed by atoms with E-state index in [4.69, 9.17) is 5.73 Å². The van der Waals surface area contributed by atoms with Crippen LogP contribution in [-0.4, -0.2) is 25.0 Å². The number of aliphatic hydroxyl groups is 2. The molecule has 0 bridgehead atoms. The highest BCUT2D eigenvalue weighted by Crippen LogP contribution is 2.27. The number of benzene rings is 2. The van der Waals surface area contributed by atoms with Crippen LogP contribution in [0, 0.1) is 0 Å². The van der Waals surface area contributed by atoms with E-state index >= 15 is 0 Å². The smallest absolute Gasteiger partial charge is 0.156 e. The van der Waals surface area contributed by atoms with E-state index in [0.717, 1.165) is 39.8 Å². The number of nitrogens with zero attached hydrogens (tertiary/aromatic N) is 3. The topological polar surface area (TPSA) is 97.2 Å². The third kappa shape index (κ3) is 3.78. The fourth-order valence-corrected chi connectivity index (χ4v) is 3.52. The van der Waals surface area contributed by atoms with Crippen molar-refractivity contribution in [3.63, 3.8) is 0 Å². The number of hydrogen-bond acceptors (Lipinski definition) is 5. The molecule has 2 heterocycles. The van der Waals surface area contributed by atoms with E-state index in [-0.39, 0.29) is 6.61 Å². The monoisotopic (exact) mass is 388 g/mol. The van der Waals surface area contributed by atoms with Gasteiger partial charge in [-0.3, -0.25) is 5.73 Å². The van der Waals surface area contributed by atoms with Gasteiger partial charge in [-0.1, -0.05) is 43.7 Å². The number of fused-ring (bicyclic) bond motifs is 1. The first kappa shape index (κ1) is 19.3. The average Bonchev–Trinajstić information content (AvgIpc) is 3.17. The van der Waals surface area contributed by atoms with Gasteiger partial charge in [0.15, 0.2) is 5.72 Å². The maximum absolute atomic E-state index is 10.5. The molecule has 2 aromatic heterocycles. The number of pyridine rings is 1. The Bertz CT molecular complexity index is 1150. The lowest BCUT2D eigenvalue weighted by atomic mass is 10.0. The van der Waals surface area contributed by atoms with Crippen molar-refractivity contribution in [3.8, 4) is 16.9 Å². The van der Waals surface area contributed by atoms with Crippen molar-refractivity contribution >= 4 is 10.9 Å². The largest absolute Gasteiger partial charge is 0.392 e. The van der Waals surface area contributed by atoms with Crippen molar-refractivity contribution in [2.24, 2.45) is 5.73 Å². The highest BCUT2D eigenvalue weighted by atomic mass is 16.3. The minimum absolute atomic E-state index is 0.0191. The van der Waals surface area contributed by atoms with Crippen molar-refractivity contribution in [1.29, 1.82) is 0 Å². The van der Waals surface area contributed by atoms with Crippen molar-refractivity contribution in [3.05, 3.63) is 78.1 Å². The van der Waals surface area contributed by atoms with Crippen molar-refractivity contribution in [1.82, 2.24) is 14.8 Å². The average molecular weight is 388 g/mol. The van der Waals surface area contributed by atoms with Crippen LogP contribution < -0.4 is 5.73 Å². The number of nitrogens with two attached hydrogens (primary N) is 1. The van der Waals surface area contributed by atoms with Gasteiger partial charge >= 0.3 is 0 Å². The van der Waals surface area contributed by atoms with Crippen LogP contribution >= 0.6 is 0 Å². The molecule has 0 amide bonds. The second kappa shape index (κ2) is 7.75. The van der Waals surface area contributed by atoms with Crippen LogP contribution in [0.5, 0.6) is 0 Å². The first-order valence-electron chi connectivity index (χ1n) is 9.69. The van der Waals surface area contributed by atoms with Crippen molar-refractivity contribution in [2.45, 2.75) is 32.1 Å². The molecule has 4 rings (SSSR count). The van der Waals surface area contributed by atoms with Gasteiger partial charge in [0, 0.05) is 10.9 Å². The van der Waals surface area contributed by atoms with Crippen LogP contribution in [0.3, 0.4) is 0 Å². The number of hydrogen-bond donors (Lipinski definition) is 3. The predicted octanol–water partition coefficient (Wildman–Crippen LogP) is 3.48. The van der Waals surface area contributed by atoms with Gasteiger partial charge in [-0.25, -0.2) is 9.67 Å². The lowest BCUT2D eigenvalue weighted by molar-refractivity contribution is 0.0292. The van der Waals surface area contributed by atoms with Gasteiger partial charge in [0.25, 0.3) is 0 Å². The Kier molecular flexibility index (Phi) is 5.15. The van der Waals surface area contributed by atoms with E-state index in [9.17, 15) is 10.2 Å². The zero-order valence-electron chi connectivity index (χ0n) is 16.3. The van der Waals surface area contributed by atoms with Crippen molar-refractivity contribution in [2.75, 3.05) is 0 Å². The van der Waals surface area contributed by atoms with E-state index in [2.05, 4.69) is 10.1 Å². The molecule has 0 saturated carbocycles. The SMILES string of the molecule is CCC[C@](N)(O)c1cccc(-c2ccc3cnn(-c4cccc(CO)c4)c3c2)n1. The molecule has 29 heavy (non-hydrogen) atoms. The Morgan fingerprint density at radius 1 is 1.07 bits per heavy atom. The summed E-state index contributed by atoms with van der Waals surface area (Å²) in [6.45, 7) is 1.96. The summed E-state index contributed by atoms with van der Waals surface area (Å²) in [5.41, 5.74) is 9.36. The Balaban J connectivity index is 1.78. The highest BCUT2D eigenvalue weighted by Gasteiger charge is 2.24. The summed E-state index contributed by atoms with van der Waals surface area (Å²) in [5.74, 6) is 0. The van der Waals surface area contributed by atoms with E-state index in [0.29, 0.717) is 12.1 Å². The summed E-state index contributed by atoms with van der Waals surface area (Å²) in [4.78, 5) is 4.62. The Morgan fingerprint density at radius 2 is 1.90 bits per heavy atom. The molecule has 2 aromatic carbocycles. The molecular formula is C23H24N4O2. The van der Waals surface area contributed by atoms with Crippen LogP contribution in [0.15, 0.2) is 66.9 Å². The molecule has 0 aliphatic heterocycles. The molecule has 148 valence electrons. The number of rotatable bonds is 6. The molecule has 6 nitrogen and oxygen atoms in total. The van der Waals surface area contributed by atoms with Gasteiger partial charge in [0.1, 0.15) is 0 Å². The summed E-state index contributed by atoms with van der Waals surface area (Å²) in [5, 5.41) is 25.5. The highest BCUT2D eigenvalue weighted by molar-refractivity contribution is 5.85. The zero-order chi connectivity index (χ0) is 20.4. The lowest BCUT2D eigenvalue weighted by Crippen LogP contribution is -2.37. The fraction of sp³-hybridized carbons (Fsp3) is 0.217. The molecule has 0 radical (unpaired) electrons. The quantitative estimate of drug-likeness (QED) is 0.439. The first-order valence-corrected chi connectivity index (χ1v) is 9.69. The van der Waals surface area contributed by atoms with Crippen LogP contribution in [0.25, 0.3) is 27.8 Å². The second-order valence-corrected chi connectivity index (χ2v) is 7.24. The van der Waals surface area contributed by atoms with Gasteiger partial charge in [-0.2, -0.15) is 5.10 Å². The Labute approximate surface area is 169 Å². The number of aromatic nitrogens is 3. The van der Waals surface area contributed by atoms with Gasteiger partial charge < -0.3 is 10.2 Å². The molecule has 0 saturated heterocycles. The van der Waals surface area contributed by atoms with Crippen molar-refractivity contribution < 1.29 is 10.2 Å². The molecule has 4 N–H and O–H groups in total. The molecule has 4 aromatic rings. The zero-order valence-corrected chi connectivity index (χ0v) is 16.3. The fourth-order valence-electron chi connectivity index (χ4n) is 3.52. The van der Waals surface area contributed by atoms with E-state index in [1.165, 1.54) is 0 Å². The maximum atomic E-state index is 10.5. The molecule has 0 aliphatic rings.